The maximum Gasteiger partial charge on any atom is 0.227 e. The summed E-state index contributed by atoms with van der Waals surface area (Å²) in [7, 11) is 0. The molecule has 1 saturated heterocycles. The molecule has 2 heterocycles. The van der Waals surface area contributed by atoms with Gasteiger partial charge in [0.2, 0.25) is 5.95 Å². The number of nitrogens with zero attached hydrogens (tertiary/aromatic N) is 3. The average Bonchev–Trinajstić information content (AvgIpc) is 2.79. The molecule has 0 amide bonds. The lowest BCUT2D eigenvalue weighted by molar-refractivity contribution is 0.726. The van der Waals surface area contributed by atoms with Gasteiger partial charge in [-0.2, -0.15) is 4.98 Å². The van der Waals surface area contributed by atoms with Crippen LogP contribution < -0.4 is 10.2 Å². The summed E-state index contributed by atoms with van der Waals surface area (Å²) in [5, 5.41) is 4.46. The molecular formula is C17H20Cl2N4. The van der Waals surface area contributed by atoms with E-state index < -0.39 is 0 Å². The van der Waals surface area contributed by atoms with Crippen LogP contribution in [0.25, 0.3) is 0 Å². The molecule has 0 spiro atoms. The molecule has 0 aliphatic carbocycles. The smallest absolute Gasteiger partial charge is 0.227 e. The predicted molar refractivity (Wildman–Crippen MR) is 97.2 cm³/mol. The number of aryl methyl sites for hydroxylation is 1. The highest BCUT2D eigenvalue weighted by molar-refractivity contribution is 6.36. The Morgan fingerprint density at radius 1 is 1.00 bits per heavy atom. The standard InChI is InChI=1S/C17H20Cl2N4/c1-12-10-16(21-15-7-6-13(18)11-14(15)19)22-17(20-12)23-8-4-2-3-5-9-23/h6-7,10-11H,2-5,8-9H2,1H3,(H,20,21,22). The fourth-order valence-corrected chi connectivity index (χ4v) is 3.21. The molecule has 0 saturated carbocycles. The van der Waals surface area contributed by atoms with Gasteiger partial charge in [0.15, 0.2) is 0 Å². The van der Waals surface area contributed by atoms with Crippen LogP contribution in [0.4, 0.5) is 17.5 Å². The van der Waals surface area contributed by atoms with Gasteiger partial charge >= 0.3 is 0 Å². The molecule has 1 fully saturated rings. The van der Waals surface area contributed by atoms with Crippen LogP contribution in [0.15, 0.2) is 24.3 Å². The molecular weight excluding hydrogens is 331 g/mol. The molecule has 122 valence electrons. The second kappa shape index (κ2) is 7.37. The van der Waals surface area contributed by atoms with E-state index >= 15 is 0 Å². The molecule has 1 N–H and O–H groups in total. The fraction of sp³-hybridized carbons (Fsp3) is 0.412. The highest BCUT2D eigenvalue weighted by Crippen LogP contribution is 2.28. The first-order chi connectivity index (χ1) is 11.1. The number of aromatic nitrogens is 2. The summed E-state index contributed by atoms with van der Waals surface area (Å²) in [4.78, 5) is 11.5. The molecule has 1 aliphatic rings. The highest BCUT2D eigenvalue weighted by Gasteiger charge is 2.14. The summed E-state index contributed by atoms with van der Waals surface area (Å²) in [6.07, 6.45) is 4.97. The number of benzene rings is 1. The number of anilines is 3. The first kappa shape index (κ1) is 16.3. The normalized spacial score (nSPS) is 15.3. The SMILES string of the molecule is Cc1cc(Nc2ccc(Cl)cc2Cl)nc(N2CCCCCC2)n1. The molecule has 0 atom stereocenters. The van der Waals surface area contributed by atoms with E-state index in [-0.39, 0.29) is 0 Å². The largest absolute Gasteiger partial charge is 0.341 e. The van der Waals surface area contributed by atoms with Gasteiger partial charge in [-0.1, -0.05) is 36.0 Å². The minimum atomic E-state index is 0.574. The molecule has 0 radical (unpaired) electrons. The first-order valence-corrected chi connectivity index (χ1v) is 8.70. The summed E-state index contributed by atoms with van der Waals surface area (Å²) in [6, 6.07) is 7.30. The van der Waals surface area contributed by atoms with E-state index in [4.69, 9.17) is 23.2 Å². The van der Waals surface area contributed by atoms with Crippen LogP contribution >= 0.6 is 23.2 Å². The lowest BCUT2D eigenvalue weighted by Crippen LogP contribution is -2.26. The summed E-state index contributed by atoms with van der Waals surface area (Å²) >= 11 is 12.2. The molecule has 4 nitrogen and oxygen atoms in total. The van der Waals surface area contributed by atoms with Crippen molar-refractivity contribution in [3.8, 4) is 0 Å². The van der Waals surface area contributed by atoms with Crippen molar-refractivity contribution in [1.82, 2.24) is 9.97 Å². The topological polar surface area (TPSA) is 41.1 Å². The van der Waals surface area contributed by atoms with E-state index in [1.54, 1.807) is 12.1 Å². The fourth-order valence-electron chi connectivity index (χ4n) is 2.76. The number of rotatable bonds is 3. The molecule has 1 aromatic heterocycles. The molecule has 3 rings (SSSR count). The molecule has 23 heavy (non-hydrogen) atoms. The van der Waals surface area contributed by atoms with Crippen LogP contribution in [0, 0.1) is 6.92 Å². The van der Waals surface area contributed by atoms with Crippen molar-refractivity contribution in [3.63, 3.8) is 0 Å². The van der Waals surface area contributed by atoms with Gasteiger partial charge in [-0.3, -0.25) is 0 Å². The summed E-state index contributed by atoms with van der Waals surface area (Å²) in [5.41, 5.74) is 1.72. The van der Waals surface area contributed by atoms with Gasteiger partial charge < -0.3 is 10.2 Å². The second-order valence-corrected chi connectivity index (χ2v) is 6.69. The number of hydrogen-bond donors (Lipinski definition) is 1. The first-order valence-electron chi connectivity index (χ1n) is 7.94. The monoisotopic (exact) mass is 350 g/mol. The van der Waals surface area contributed by atoms with Gasteiger partial charge in [0, 0.05) is 29.9 Å². The Morgan fingerprint density at radius 2 is 1.74 bits per heavy atom. The Morgan fingerprint density at radius 3 is 2.43 bits per heavy atom. The van der Waals surface area contributed by atoms with E-state index in [0.29, 0.717) is 10.0 Å². The third kappa shape index (κ3) is 4.27. The maximum atomic E-state index is 6.23. The van der Waals surface area contributed by atoms with Crippen LogP contribution in [0.5, 0.6) is 0 Å². The number of halogens is 2. The van der Waals surface area contributed by atoms with Crippen molar-refractivity contribution in [2.75, 3.05) is 23.3 Å². The van der Waals surface area contributed by atoms with Crippen LogP contribution in [0.3, 0.4) is 0 Å². The van der Waals surface area contributed by atoms with Crippen LogP contribution in [-0.4, -0.2) is 23.1 Å². The van der Waals surface area contributed by atoms with Crippen molar-refractivity contribution >= 4 is 40.7 Å². The van der Waals surface area contributed by atoms with Gasteiger partial charge in [-0.05, 0) is 38.0 Å². The van der Waals surface area contributed by atoms with Crippen LogP contribution in [0.2, 0.25) is 10.0 Å². The Kier molecular flexibility index (Phi) is 5.23. The van der Waals surface area contributed by atoms with E-state index in [0.717, 1.165) is 36.2 Å². The van der Waals surface area contributed by atoms with Crippen molar-refractivity contribution in [3.05, 3.63) is 40.0 Å². The molecule has 2 aromatic rings. The second-order valence-electron chi connectivity index (χ2n) is 5.84. The molecule has 0 bridgehead atoms. The highest BCUT2D eigenvalue weighted by atomic mass is 35.5. The molecule has 6 heteroatoms. The zero-order chi connectivity index (χ0) is 16.2. The van der Waals surface area contributed by atoms with Crippen LogP contribution in [-0.2, 0) is 0 Å². The third-order valence-electron chi connectivity index (χ3n) is 3.93. The van der Waals surface area contributed by atoms with Crippen molar-refractivity contribution in [2.45, 2.75) is 32.6 Å². The summed E-state index contributed by atoms with van der Waals surface area (Å²) in [5.74, 6) is 1.54. The lowest BCUT2D eigenvalue weighted by Gasteiger charge is -2.21. The Balaban J connectivity index is 1.84. The van der Waals surface area contributed by atoms with Crippen molar-refractivity contribution in [1.29, 1.82) is 0 Å². The minimum Gasteiger partial charge on any atom is -0.341 e. The quantitative estimate of drug-likeness (QED) is 0.824. The van der Waals surface area contributed by atoms with Gasteiger partial charge in [-0.25, -0.2) is 4.98 Å². The molecule has 0 unspecified atom stereocenters. The minimum absolute atomic E-state index is 0.574. The molecule has 1 aliphatic heterocycles. The summed E-state index contributed by atoms with van der Waals surface area (Å²) < 4.78 is 0. The number of nitrogens with one attached hydrogen (secondary N) is 1. The predicted octanol–water partition coefficient (Wildman–Crippen LogP) is 5.22. The van der Waals surface area contributed by atoms with Gasteiger partial charge in [0.1, 0.15) is 5.82 Å². The van der Waals surface area contributed by atoms with E-state index in [2.05, 4.69) is 20.2 Å². The third-order valence-corrected chi connectivity index (χ3v) is 4.47. The Labute approximate surface area is 146 Å². The zero-order valence-corrected chi connectivity index (χ0v) is 14.7. The maximum absolute atomic E-state index is 6.23. The summed E-state index contributed by atoms with van der Waals surface area (Å²) in [6.45, 7) is 4.02. The van der Waals surface area contributed by atoms with E-state index in [1.807, 2.05) is 19.1 Å². The average molecular weight is 351 g/mol. The lowest BCUT2D eigenvalue weighted by atomic mass is 10.2. The Bertz CT molecular complexity index is 682. The van der Waals surface area contributed by atoms with Gasteiger partial charge in [-0.15, -0.1) is 0 Å². The molecule has 1 aromatic carbocycles. The van der Waals surface area contributed by atoms with Gasteiger partial charge in [0.05, 0.1) is 10.7 Å². The van der Waals surface area contributed by atoms with Crippen molar-refractivity contribution in [2.24, 2.45) is 0 Å². The number of hydrogen-bond acceptors (Lipinski definition) is 4. The van der Waals surface area contributed by atoms with Crippen molar-refractivity contribution < 1.29 is 0 Å². The van der Waals surface area contributed by atoms with E-state index in [9.17, 15) is 0 Å². The van der Waals surface area contributed by atoms with E-state index in [1.165, 1.54) is 25.7 Å². The van der Waals surface area contributed by atoms with Gasteiger partial charge in [0.25, 0.3) is 0 Å². The van der Waals surface area contributed by atoms with Crippen LogP contribution in [0.1, 0.15) is 31.4 Å². The Hall–Kier alpha value is -1.52. The zero-order valence-electron chi connectivity index (χ0n) is 13.1.